The third-order valence-electron chi connectivity index (χ3n) is 3.25. The molecule has 0 aliphatic rings. The van der Waals surface area contributed by atoms with Gasteiger partial charge in [-0.1, -0.05) is 34.5 Å². The van der Waals surface area contributed by atoms with Gasteiger partial charge in [0.1, 0.15) is 11.4 Å². The maximum absolute atomic E-state index is 12.1. The van der Waals surface area contributed by atoms with Gasteiger partial charge in [0.15, 0.2) is 0 Å². The lowest BCUT2D eigenvalue weighted by molar-refractivity contribution is 0.0601. The number of nitrogens with one attached hydrogen (secondary N) is 1. The first-order valence-corrected chi connectivity index (χ1v) is 8.06. The fraction of sp³-hybridized carbons (Fsp3) is 0.200. The van der Waals surface area contributed by atoms with Crippen molar-refractivity contribution in [2.75, 3.05) is 12.4 Å². The van der Waals surface area contributed by atoms with E-state index in [1.807, 2.05) is 13.0 Å². The van der Waals surface area contributed by atoms with Crippen molar-refractivity contribution in [3.63, 3.8) is 0 Å². The maximum Gasteiger partial charge on any atom is 0.341 e. The fourth-order valence-electron chi connectivity index (χ4n) is 2.14. The van der Waals surface area contributed by atoms with Gasteiger partial charge in [-0.3, -0.25) is 4.98 Å². The first-order chi connectivity index (χ1) is 11.5. The Bertz CT molecular complexity index is 837. The number of nitrogens with zero attached hydrogens (tertiary/aromatic N) is 4. The molecule has 0 aliphatic heterocycles. The Morgan fingerprint density at radius 1 is 1.54 bits per heavy atom. The first kappa shape index (κ1) is 18.1. The number of pyridine rings is 1. The van der Waals surface area contributed by atoms with E-state index in [0.717, 1.165) is 4.47 Å². The summed E-state index contributed by atoms with van der Waals surface area (Å²) in [5.41, 5.74) is 10.6. The van der Waals surface area contributed by atoms with Gasteiger partial charge in [-0.05, 0) is 35.3 Å². The molecule has 7 nitrogen and oxygen atoms in total. The van der Waals surface area contributed by atoms with Gasteiger partial charge in [-0.25, -0.2) is 4.79 Å². The Labute approximate surface area is 151 Å². The molecule has 124 valence electrons. The summed E-state index contributed by atoms with van der Waals surface area (Å²) in [5.74, 6) is -0.358. The summed E-state index contributed by atoms with van der Waals surface area (Å²) in [5, 5.41) is 7.17. The number of methoxy groups -OCH3 is 1. The van der Waals surface area contributed by atoms with Crippen molar-refractivity contribution in [1.29, 1.82) is 0 Å². The molecule has 0 radical (unpaired) electrons. The lowest BCUT2D eigenvalue weighted by Crippen LogP contribution is -2.09. The SMILES string of the molecule is CCc1c(N=[N+]=[N-])ncc(C(=O)OC)c1Nc1ccc(Br)cc1Cl. The van der Waals surface area contributed by atoms with Crippen molar-refractivity contribution in [1.82, 2.24) is 4.98 Å². The zero-order valence-corrected chi connectivity index (χ0v) is 15.2. The number of carbonyl (C=O) groups is 1. The highest BCUT2D eigenvalue weighted by Gasteiger charge is 2.19. The van der Waals surface area contributed by atoms with Crippen LogP contribution in [0, 0.1) is 0 Å². The summed E-state index contributed by atoms with van der Waals surface area (Å²) in [7, 11) is 1.28. The van der Waals surface area contributed by atoms with Crippen LogP contribution in [-0.2, 0) is 11.2 Å². The van der Waals surface area contributed by atoms with Crippen LogP contribution in [0.3, 0.4) is 0 Å². The van der Waals surface area contributed by atoms with Gasteiger partial charge in [0.05, 0.1) is 23.5 Å². The summed E-state index contributed by atoms with van der Waals surface area (Å²) < 4.78 is 5.63. The normalized spacial score (nSPS) is 10.0. The minimum Gasteiger partial charge on any atom is -0.465 e. The number of hydrogen-bond donors (Lipinski definition) is 1. The molecule has 1 N–H and O–H groups in total. The molecule has 0 spiro atoms. The van der Waals surface area contributed by atoms with Crippen molar-refractivity contribution in [3.8, 4) is 0 Å². The average Bonchev–Trinajstić information content (AvgIpc) is 2.57. The Hall–Kier alpha value is -2.28. The zero-order valence-electron chi connectivity index (χ0n) is 12.9. The van der Waals surface area contributed by atoms with E-state index in [9.17, 15) is 4.79 Å². The number of aromatic nitrogens is 1. The van der Waals surface area contributed by atoms with Gasteiger partial charge < -0.3 is 10.1 Å². The van der Waals surface area contributed by atoms with E-state index in [1.165, 1.54) is 13.3 Å². The van der Waals surface area contributed by atoms with Crippen LogP contribution in [0.15, 0.2) is 34.0 Å². The van der Waals surface area contributed by atoms with E-state index in [2.05, 4.69) is 36.3 Å². The third kappa shape index (κ3) is 3.79. The molecule has 9 heteroatoms. The Morgan fingerprint density at radius 2 is 2.29 bits per heavy atom. The molecule has 0 bridgehead atoms. The Morgan fingerprint density at radius 3 is 2.88 bits per heavy atom. The van der Waals surface area contributed by atoms with E-state index in [1.54, 1.807) is 12.1 Å². The number of hydrogen-bond acceptors (Lipinski definition) is 5. The van der Waals surface area contributed by atoms with Crippen LogP contribution in [-0.4, -0.2) is 18.1 Å². The number of rotatable bonds is 5. The molecular formula is C15H13BrClN5O2. The Kier molecular flexibility index (Phi) is 6.03. The number of benzene rings is 1. The molecule has 0 atom stereocenters. The maximum atomic E-state index is 12.1. The highest BCUT2D eigenvalue weighted by Crippen LogP contribution is 2.35. The summed E-state index contributed by atoms with van der Waals surface area (Å²) in [4.78, 5) is 18.9. The predicted molar refractivity (Wildman–Crippen MR) is 96.2 cm³/mol. The monoisotopic (exact) mass is 409 g/mol. The molecule has 1 aromatic carbocycles. The van der Waals surface area contributed by atoms with Crippen LogP contribution < -0.4 is 5.32 Å². The van der Waals surface area contributed by atoms with Crippen LogP contribution in [0.4, 0.5) is 17.2 Å². The number of anilines is 2. The van der Waals surface area contributed by atoms with E-state index in [-0.39, 0.29) is 11.4 Å². The van der Waals surface area contributed by atoms with Gasteiger partial charge in [-0.15, -0.1) is 0 Å². The average molecular weight is 411 g/mol. The molecule has 1 aromatic heterocycles. The van der Waals surface area contributed by atoms with Crippen LogP contribution in [0.2, 0.25) is 5.02 Å². The van der Waals surface area contributed by atoms with Crippen LogP contribution in [0.25, 0.3) is 10.4 Å². The van der Waals surface area contributed by atoms with E-state index in [0.29, 0.717) is 28.4 Å². The van der Waals surface area contributed by atoms with Gasteiger partial charge in [-0.2, -0.15) is 0 Å². The number of carbonyl (C=O) groups excluding carboxylic acids is 1. The molecule has 0 saturated carbocycles. The van der Waals surface area contributed by atoms with E-state index >= 15 is 0 Å². The second kappa shape index (κ2) is 8.01. The minimum atomic E-state index is -0.555. The quantitative estimate of drug-likeness (QED) is 0.303. The van der Waals surface area contributed by atoms with E-state index in [4.69, 9.17) is 21.9 Å². The first-order valence-electron chi connectivity index (χ1n) is 6.89. The lowest BCUT2D eigenvalue weighted by atomic mass is 10.1. The number of ether oxygens (including phenoxy) is 1. The molecular weight excluding hydrogens is 398 g/mol. The van der Waals surface area contributed by atoms with Gasteiger partial charge >= 0.3 is 5.97 Å². The fourth-order valence-corrected chi connectivity index (χ4v) is 2.86. The second-order valence-electron chi connectivity index (χ2n) is 4.63. The molecule has 0 unspecified atom stereocenters. The van der Waals surface area contributed by atoms with Crippen LogP contribution in [0.1, 0.15) is 22.8 Å². The lowest BCUT2D eigenvalue weighted by Gasteiger charge is -2.17. The van der Waals surface area contributed by atoms with Crippen LogP contribution >= 0.6 is 27.5 Å². The van der Waals surface area contributed by atoms with Crippen molar-refractivity contribution < 1.29 is 9.53 Å². The smallest absolute Gasteiger partial charge is 0.341 e. The van der Waals surface area contributed by atoms with Crippen molar-refractivity contribution in [2.24, 2.45) is 5.11 Å². The third-order valence-corrected chi connectivity index (χ3v) is 4.05. The highest BCUT2D eigenvalue weighted by molar-refractivity contribution is 9.10. The van der Waals surface area contributed by atoms with Crippen molar-refractivity contribution in [2.45, 2.75) is 13.3 Å². The second-order valence-corrected chi connectivity index (χ2v) is 5.96. The predicted octanol–water partition coefficient (Wildman–Crippen LogP) is 5.53. The molecule has 24 heavy (non-hydrogen) atoms. The van der Waals surface area contributed by atoms with Gasteiger partial charge in [0, 0.05) is 21.1 Å². The molecule has 2 aromatic rings. The minimum absolute atomic E-state index is 0.198. The summed E-state index contributed by atoms with van der Waals surface area (Å²) in [6.45, 7) is 1.86. The Balaban J connectivity index is 2.65. The number of halogens is 2. The summed E-state index contributed by atoms with van der Waals surface area (Å²) >= 11 is 9.57. The zero-order chi connectivity index (χ0) is 17.7. The van der Waals surface area contributed by atoms with Crippen molar-refractivity contribution >= 4 is 50.7 Å². The molecule has 1 heterocycles. The molecule has 0 aliphatic carbocycles. The molecule has 0 saturated heterocycles. The van der Waals surface area contributed by atoms with Crippen molar-refractivity contribution in [3.05, 3.63) is 55.5 Å². The largest absolute Gasteiger partial charge is 0.465 e. The molecule has 0 amide bonds. The topological polar surface area (TPSA) is 100.0 Å². The standard InChI is InChI=1S/C15H13BrClN5O2/c1-3-9-13(20-12-5-4-8(16)6-11(12)17)10(15(23)24-2)7-19-14(9)21-22-18/h4-7H,3H2,1-2H3,(H,19,20). The van der Waals surface area contributed by atoms with Crippen LogP contribution in [0.5, 0.6) is 0 Å². The number of azide groups is 1. The molecule has 2 rings (SSSR count). The number of esters is 1. The summed E-state index contributed by atoms with van der Waals surface area (Å²) in [6, 6.07) is 5.30. The van der Waals surface area contributed by atoms with Gasteiger partial charge in [0.2, 0.25) is 0 Å². The van der Waals surface area contributed by atoms with Gasteiger partial charge in [0.25, 0.3) is 0 Å². The van der Waals surface area contributed by atoms with E-state index < -0.39 is 5.97 Å². The highest BCUT2D eigenvalue weighted by atomic mass is 79.9. The summed E-state index contributed by atoms with van der Waals surface area (Å²) in [6.07, 6.45) is 1.80. The molecule has 0 fully saturated rings.